The third kappa shape index (κ3) is 5.43. The molecule has 0 aliphatic carbocycles. The third-order valence-corrected chi connectivity index (χ3v) is 3.52. The van der Waals surface area contributed by atoms with Crippen molar-refractivity contribution in [1.82, 2.24) is 4.72 Å². The van der Waals surface area contributed by atoms with Gasteiger partial charge in [-0.05, 0) is 18.6 Å². The van der Waals surface area contributed by atoms with Crippen molar-refractivity contribution in [1.29, 1.82) is 0 Å². The van der Waals surface area contributed by atoms with Gasteiger partial charge in [0.05, 0.1) is 17.5 Å². The van der Waals surface area contributed by atoms with Crippen LogP contribution in [0, 0.1) is 5.82 Å². The molecule has 1 aromatic carbocycles. The summed E-state index contributed by atoms with van der Waals surface area (Å²) in [6.45, 7) is 0.604. The summed E-state index contributed by atoms with van der Waals surface area (Å²) in [5.41, 5.74) is 5.18. The summed E-state index contributed by atoms with van der Waals surface area (Å²) in [6, 6.07) is 2.68. The van der Waals surface area contributed by atoms with Crippen molar-refractivity contribution in [3.63, 3.8) is 0 Å². The van der Waals surface area contributed by atoms with E-state index in [0.29, 0.717) is 17.4 Å². The fraction of sp³-hybridized carbons (Fsp3) is 0.364. The van der Waals surface area contributed by atoms with Gasteiger partial charge in [0, 0.05) is 17.6 Å². The van der Waals surface area contributed by atoms with Gasteiger partial charge in [0.1, 0.15) is 5.82 Å². The van der Waals surface area contributed by atoms with Gasteiger partial charge < -0.3 is 11.1 Å². The molecule has 0 aromatic heterocycles. The Morgan fingerprint density at radius 1 is 1.40 bits per heavy atom. The number of amides is 1. The first-order valence-electron chi connectivity index (χ1n) is 5.68. The van der Waals surface area contributed by atoms with E-state index in [-0.39, 0.29) is 17.8 Å². The number of primary amides is 1. The molecular weight excluding hydrogens is 353 g/mol. The van der Waals surface area contributed by atoms with Crippen molar-refractivity contribution in [3.8, 4) is 0 Å². The molecule has 20 heavy (non-hydrogen) atoms. The normalized spacial score (nSPS) is 11.3. The van der Waals surface area contributed by atoms with E-state index in [0.717, 1.165) is 12.3 Å². The second kappa shape index (κ2) is 7.00. The predicted octanol–water partition coefficient (Wildman–Crippen LogP) is 1.04. The number of hydrogen-bond acceptors (Lipinski definition) is 4. The number of hydrogen-bond donors (Lipinski definition) is 3. The van der Waals surface area contributed by atoms with Crippen molar-refractivity contribution in [2.75, 3.05) is 24.7 Å². The Hall–Kier alpha value is -1.19. The topological polar surface area (TPSA) is 101 Å². The van der Waals surface area contributed by atoms with Crippen LogP contribution in [0.3, 0.4) is 0 Å². The Balaban J connectivity index is 2.66. The summed E-state index contributed by atoms with van der Waals surface area (Å²) < 4.78 is 38.1. The van der Waals surface area contributed by atoms with Gasteiger partial charge in [-0.15, -0.1) is 0 Å². The summed E-state index contributed by atoms with van der Waals surface area (Å²) in [5.74, 6) is -1.59. The lowest BCUT2D eigenvalue weighted by Crippen LogP contribution is -2.25. The van der Waals surface area contributed by atoms with E-state index in [1.165, 1.54) is 6.07 Å². The van der Waals surface area contributed by atoms with Crippen LogP contribution < -0.4 is 15.8 Å². The largest absolute Gasteiger partial charge is 0.384 e. The highest BCUT2D eigenvalue weighted by atomic mass is 79.9. The smallest absolute Gasteiger partial charge is 0.253 e. The summed E-state index contributed by atoms with van der Waals surface area (Å²) >= 11 is 3.12. The van der Waals surface area contributed by atoms with E-state index in [9.17, 15) is 17.6 Å². The van der Waals surface area contributed by atoms with Crippen LogP contribution in [0.2, 0.25) is 0 Å². The van der Waals surface area contributed by atoms with E-state index < -0.39 is 21.7 Å². The number of nitrogens with two attached hydrogens (primary N) is 1. The molecule has 4 N–H and O–H groups in total. The van der Waals surface area contributed by atoms with Crippen LogP contribution in [0.1, 0.15) is 16.8 Å². The first-order valence-corrected chi connectivity index (χ1v) is 8.36. The number of sulfonamides is 1. The third-order valence-electron chi connectivity index (χ3n) is 2.33. The van der Waals surface area contributed by atoms with Crippen molar-refractivity contribution in [3.05, 3.63) is 28.0 Å². The van der Waals surface area contributed by atoms with Gasteiger partial charge in [0.15, 0.2) is 0 Å². The standard InChI is InChI=1S/C11H15BrFN3O3S/c1-20(18,19)16-4-2-3-15-9-6-7(12)5-8(13)10(9)11(14)17/h5-6,15-16H,2-4H2,1H3,(H2,14,17). The second-order valence-corrected chi connectivity index (χ2v) is 6.87. The zero-order chi connectivity index (χ0) is 15.3. The molecule has 0 atom stereocenters. The van der Waals surface area contributed by atoms with Crippen molar-refractivity contribution >= 4 is 37.5 Å². The molecule has 9 heteroatoms. The summed E-state index contributed by atoms with van der Waals surface area (Å²) in [4.78, 5) is 11.2. The molecule has 0 aliphatic rings. The zero-order valence-electron chi connectivity index (χ0n) is 10.7. The molecule has 0 saturated carbocycles. The Labute approximate surface area is 125 Å². The molecule has 1 rings (SSSR count). The van der Waals surface area contributed by atoms with Crippen molar-refractivity contribution in [2.24, 2.45) is 5.73 Å². The van der Waals surface area contributed by atoms with E-state index in [2.05, 4.69) is 26.0 Å². The molecule has 0 radical (unpaired) electrons. The summed E-state index contributed by atoms with van der Waals surface area (Å²) in [6.07, 6.45) is 1.54. The van der Waals surface area contributed by atoms with Crippen LogP contribution in [0.15, 0.2) is 16.6 Å². The monoisotopic (exact) mass is 367 g/mol. The lowest BCUT2D eigenvalue weighted by molar-refractivity contribution is 0.0997. The molecule has 112 valence electrons. The van der Waals surface area contributed by atoms with Gasteiger partial charge in [0.25, 0.3) is 5.91 Å². The Morgan fingerprint density at radius 3 is 2.60 bits per heavy atom. The molecule has 0 aliphatic heterocycles. The summed E-state index contributed by atoms with van der Waals surface area (Å²) in [7, 11) is -3.22. The highest BCUT2D eigenvalue weighted by Gasteiger charge is 2.15. The highest BCUT2D eigenvalue weighted by molar-refractivity contribution is 9.10. The molecule has 0 heterocycles. The molecule has 0 unspecified atom stereocenters. The molecule has 6 nitrogen and oxygen atoms in total. The van der Waals surface area contributed by atoms with E-state index in [4.69, 9.17) is 5.73 Å². The van der Waals surface area contributed by atoms with Gasteiger partial charge in [0.2, 0.25) is 10.0 Å². The van der Waals surface area contributed by atoms with E-state index >= 15 is 0 Å². The van der Waals surface area contributed by atoms with Gasteiger partial charge in [-0.1, -0.05) is 15.9 Å². The lowest BCUT2D eigenvalue weighted by Gasteiger charge is -2.11. The molecular formula is C11H15BrFN3O3S. The fourth-order valence-electron chi connectivity index (χ4n) is 1.53. The van der Waals surface area contributed by atoms with Crippen molar-refractivity contribution < 1.29 is 17.6 Å². The maximum absolute atomic E-state index is 13.6. The van der Waals surface area contributed by atoms with E-state index in [1.807, 2.05) is 0 Å². The van der Waals surface area contributed by atoms with Gasteiger partial charge in [-0.3, -0.25) is 4.79 Å². The summed E-state index contributed by atoms with van der Waals surface area (Å²) in [5, 5.41) is 2.86. The van der Waals surface area contributed by atoms with Crippen LogP contribution >= 0.6 is 15.9 Å². The number of anilines is 1. The Bertz CT molecular complexity index is 607. The average Bonchev–Trinajstić information content (AvgIpc) is 2.25. The number of halogens is 2. The molecule has 0 fully saturated rings. The minimum atomic E-state index is -3.22. The quantitative estimate of drug-likeness (QED) is 0.626. The number of benzene rings is 1. The number of carbonyl (C=O) groups is 1. The molecule has 1 aromatic rings. The Kier molecular flexibility index (Phi) is 5.90. The maximum atomic E-state index is 13.6. The van der Waals surface area contributed by atoms with Crippen LogP contribution in [-0.4, -0.2) is 33.7 Å². The molecule has 0 spiro atoms. The van der Waals surface area contributed by atoms with Crippen LogP contribution in [0.4, 0.5) is 10.1 Å². The number of carbonyl (C=O) groups excluding carboxylic acids is 1. The SMILES string of the molecule is CS(=O)(=O)NCCCNc1cc(Br)cc(F)c1C(N)=O. The predicted molar refractivity (Wildman–Crippen MR) is 78.6 cm³/mol. The second-order valence-electron chi connectivity index (χ2n) is 4.12. The maximum Gasteiger partial charge on any atom is 0.253 e. The van der Waals surface area contributed by atoms with Crippen LogP contribution in [-0.2, 0) is 10.0 Å². The number of nitrogens with one attached hydrogen (secondary N) is 2. The zero-order valence-corrected chi connectivity index (χ0v) is 13.1. The van der Waals surface area contributed by atoms with Gasteiger partial charge in [-0.2, -0.15) is 0 Å². The van der Waals surface area contributed by atoms with Crippen LogP contribution in [0.5, 0.6) is 0 Å². The average molecular weight is 368 g/mol. The van der Waals surface area contributed by atoms with Crippen molar-refractivity contribution in [2.45, 2.75) is 6.42 Å². The number of rotatable bonds is 7. The van der Waals surface area contributed by atoms with E-state index in [1.54, 1.807) is 0 Å². The van der Waals surface area contributed by atoms with Crippen LogP contribution in [0.25, 0.3) is 0 Å². The minimum Gasteiger partial charge on any atom is -0.384 e. The fourth-order valence-corrected chi connectivity index (χ4v) is 2.48. The molecule has 0 bridgehead atoms. The van der Waals surface area contributed by atoms with Gasteiger partial charge >= 0.3 is 0 Å². The first kappa shape index (κ1) is 16.9. The first-order chi connectivity index (χ1) is 9.20. The minimum absolute atomic E-state index is 0.218. The molecule has 0 saturated heterocycles. The van der Waals surface area contributed by atoms with Gasteiger partial charge in [-0.25, -0.2) is 17.5 Å². The Morgan fingerprint density at radius 2 is 2.05 bits per heavy atom. The highest BCUT2D eigenvalue weighted by Crippen LogP contribution is 2.24. The molecule has 1 amide bonds. The lowest BCUT2D eigenvalue weighted by atomic mass is 10.1.